The van der Waals surface area contributed by atoms with Gasteiger partial charge in [-0.15, -0.1) is 0 Å². The number of hydrogen-bond donors (Lipinski definition) is 2. The molecule has 1 aromatic carbocycles. The predicted molar refractivity (Wildman–Crippen MR) is 106 cm³/mol. The number of carbonyl (C=O) groups excluding carboxylic acids is 2. The first-order valence-electron chi connectivity index (χ1n) is 8.91. The van der Waals surface area contributed by atoms with Gasteiger partial charge in [0.1, 0.15) is 11.3 Å². The highest BCUT2D eigenvalue weighted by Gasteiger charge is 2.13. The summed E-state index contributed by atoms with van der Waals surface area (Å²) in [4.78, 5) is 40.7. The Kier molecular flexibility index (Phi) is 5.74. The fourth-order valence-corrected chi connectivity index (χ4v) is 2.84. The molecule has 0 aliphatic rings. The lowest BCUT2D eigenvalue weighted by Crippen LogP contribution is -2.27. The van der Waals surface area contributed by atoms with Crippen molar-refractivity contribution < 1.29 is 14.0 Å². The van der Waals surface area contributed by atoms with Gasteiger partial charge in [0.25, 0.3) is 11.5 Å². The fourth-order valence-electron chi connectivity index (χ4n) is 2.84. The Hall–Kier alpha value is -3.61. The number of furan rings is 1. The summed E-state index contributed by atoms with van der Waals surface area (Å²) in [6.45, 7) is 4.48. The van der Waals surface area contributed by atoms with E-state index in [0.717, 1.165) is 5.56 Å². The summed E-state index contributed by atoms with van der Waals surface area (Å²) in [5.41, 5.74) is 1.43. The van der Waals surface area contributed by atoms with Gasteiger partial charge in [-0.05, 0) is 48.9 Å². The highest BCUT2D eigenvalue weighted by atomic mass is 16.3. The molecule has 7 nitrogen and oxygen atoms in total. The van der Waals surface area contributed by atoms with Gasteiger partial charge >= 0.3 is 0 Å². The number of aromatic amines is 1. The van der Waals surface area contributed by atoms with E-state index in [1.54, 1.807) is 41.3 Å². The topological polar surface area (TPSA) is 95.4 Å². The average molecular weight is 379 g/mol. The number of carbonyl (C=O) groups is 2. The highest BCUT2D eigenvalue weighted by Crippen LogP contribution is 2.17. The minimum Gasteiger partial charge on any atom is -0.463 e. The number of amides is 2. The number of nitrogens with zero attached hydrogens (tertiary/aromatic N) is 1. The van der Waals surface area contributed by atoms with E-state index in [2.05, 4.69) is 10.3 Å². The van der Waals surface area contributed by atoms with Crippen molar-refractivity contribution in [3.63, 3.8) is 0 Å². The molecule has 2 aromatic heterocycles. The van der Waals surface area contributed by atoms with Gasteiger partial charge < -0.3 is 19.6 Å². The maximum absolute atomic E-state index is 12.5. The van der Waals surface area contributed by atoms with E-state index in [0.29, 0.717) is 30.2 Å². The van der Waals surface area contributed by atoms with Crippen molar-refractivity contribution in [3.05, 3.63) is 76.3 Å². The second kappa shape index (κ2) is 8.39. The molecule has 0 spiro atoms. The zero-order valence-electron chi connectivity index (χ0n) is 15.7. The number of anilines is 1. The number of rotatable bonds is 6. The Morgan fingerprint density at radius 1 is 1.14 bits per heavy atom. The lowest BCUT2D eigenvalue weighted by molar-refractivity contribution is -0.129. The van der Waals surface area contributed by atoms with Gasteiger partial charge in [-0.2, -0.15) is 0 Å². The molecule has 28 heavy (non-hydrogen) atoms. The molecule has 2 heterocycles. The van der Waals surface area contributed by atoms with Crippen LogP contribution in [0, 0.1) is 0 Å². The van der Waals surface area contributed by atoms with Crippen LogP contribution in [0.1, 0.15) is 29.8 Å². The Labute approximate surface area is 162 Å². The number of aromatic nitrogens is 1. The molecule has 0 aliphatic heterocycles. The van der Waals surface area contributed by atoms with Gasteiger partial charge in [-0.3, -0.25) is 14.4 Å². The molecule has 0 unspecified atom stereocenters. The first-order chi connectivity index (χ1) is 13.5. The number of pyridine rings is 1. The third-order valence-electron chi connectivity index (χ3n) is 4.33. The Balaban J connectivity index is 1.75. The molecule has 2 N–H and O–H groups in total. The minimum atomic E-state index is -0.511. The van der Waals surface area contributed by atoms with Crippen molar-refractivity contribution in [2.24, 2.45) is 0 Å². The number of H-pyrrole nitrogens is 1. The van der Waals surface area contributed by atoms with Crippen LogP contribution < -0.4 is 10.9 Å². The summed E-state index contributed by atoms with van der Waals surface area (Å²) in [7, 11) is 0. The van der Waals surface area contributed by atoms with Crippen LogP contribution >= 0.6 is 0 Å². The molecule has 2 amide bonds. The van der Waals surface area contributed by atoms with Crippen LogP contribution in [0.25, 0.3) is 11.5 Å². The van der Waals surface area contributed by atoms with Gasteiger partial charge in [0, 0.05) is 25.7 Å². The van der Waals surface area contributed by atoms with Crippen molar-refractivity contribution >= 4 is 17.5 Å². The van der Waals surface area contributed by atoms with Gasteiger partial charge in [-0.1, -0.05) is 12.1 Å². The van der Waals surface area contributed by atoms with Gasteiger partial charge in [-0.25, -0.2) is 0 Å². The monoisotopic (exact) mass is 379 g/mol. The zero-order valence-corrected chi connectivity index (χ0v) is 15.7. The highest BCUT2D eigenvalue weighted by molar-refractivity contribution is 6.04. The van der Waals surface area contributed by atoms with Gasteiger partial charge in [0.2, 0.25) is 5.91 Å². The molecule has 144 valence electrons. The van der Waals surface area contributed by atoms with Crippen LogP contribution in [0.2, 0.25) is 0 Å². The van der Waals surface area contributed by atoms with Crippen molar-refractivity contribution in [2.45, 2.75) is 20.4 Å². The van der Waals surface area contributed by atoms with Crippen LogP contribution in [0.3, 0.4) is 0 Å². The van der Waals surface area contributed by atoms with Crippen LogP contribution in [0.5, 0.6) is 0 Å². The molecule has 0 radical (unpaired) electrons. The van der Waals surface area contributed by atoms with Crippen LogP contribution in [0.4, 0.5) is 5.69 Å². The molecule has 3 rings (SSSR count). The SMILES string of the molecule is CCN(Cc1cccc(NC(=O)c2ccc(-c3ccco3)[nH]c2=O)c1)C(C)=O. The van der Waals surface area contributed by atoms with E-state index in [4.69, 9.17) is 4.42 Å². The van der Waals surface area contributed by atoms with Gasteiger partial charge in [0.15, 0.2) is 0 Å². The van der Waals surface area contributed by atoms with Crippen LogP contribution in [-0.2, 0) is 11.3 Å². The van der Waals surface area contributed by atoms with E-state index in [-0.39, 0.29) is 11.5 Å². The molecule has 0 bridgehead atoms. The summed E-state index contributed by atoms with van der Waals surface area (Å²) in [6, 6.07) is 13.7. The lowest BCUT2D eigenvalue weighted by atomic mass is 10.1. The normalized spacial score (nSPS) is 10.5. The summed E-state index contributed by atoms with van der Waals surface area (Å²) >= 11 is 0. The van der Waals surface area contributed by atoms with Crippen molar-refractivity contribution in [3.8, 4) is 11.5 Å². The molecule has 0 saturated heterocycles. The first kappa shape index (κ1) is 19.2. The molecular weight excluding hydrogens is 358 g/mol. The molecule has 0 fully saturated rings. The Morgan fingerprint density at radius 2 is 1.96 bits per heavy atom. The fraction of sp³-hybridized carbons (Fsp3) is 0.190. The van der Waals surface area contributed by atoms with Crippen LogP contribution in [-0.4, -0.2) is 28.2 Å². The Bertz CT molecular complexity index is 1040. The van der Waals surface area contributed by atoms with Crippen LogP contribution in [0.15, 0.2) is 64.0 Å². The standard InChI is InChI=1S/C21H21N3O4/c1-3-24(14(2)25)13-15-6-4-7-16(12-15)22-20(26)17-9-10-18(23-21(17)27)19-8-5-11-28-19/h4-12H,3,13H2,1-2H3,(H,22,26)(H,23,27). The lowest BCUT2D eigenvalue weighted by Gasteiger charge is -2.19. The number of benzene rings is 1. The second-order valence-electron chi connectivity index (χ2n) is 6.28. The number of nitrogens with one attached hydrogen (secondary N) is 2. The quantitative estimate of drug-likeness (QED) is 0.687. The molecule has 3 aromatic rings. The Morgan fingerprint density at radius 3 is 2.61 bits per heavy atom. The summed E-state index contributed by atoms with van der Waals surface area (Å²) in [5.74, 6) is -0.00820. The molecular formula is C21H21N3O4. The molecule has 0 aliphatic carbocycles. The van der Waals surface area contributed by atoms with E-state index in [1.165, 1.54) is 19.3 Å². The smallest absolute Gasteiger partial charge is 0.261 e. The molecule has 0 saturated carbocycles. The van der Waals surface area contributed by atoms with E-state index in [9.17, 15) is 14.4 Å². The van der Waals surface area contributed by atoms with Gasteiger partial charge in [0.05, 0.1) is 12.0 Å². The average Bonchev–Trinajstić information content (AvgIpc) is 3.20. The zero-order chi connectivity index (χ0) is 20.1. The number of hydrogen-bond acceptors (Lipinski definition) is 4. The maximum Gasteiger partial charge on any atom is 0.261 e. The predicted octanol–water partition coefficient (Wildman–Crippen LogP) is 3.26. The molecule has 7 heteroatoms. The van der Waals surface area contributed by atoms with Crippen molar-refractivity contribution in [2.75, 3.05) is 11.9 Å². The van der Waals surface area contributed by atoms with Crippen molar-refractivity contribution in [1.29, 1.82) is 0 Å². The third kappa shape index (κ3) is 4.37. The summed E-state index contributed by atoms with van der Waals surface area (Å²) < 4.78 is 5.24. The summed E-state index contributed by atoms with van der Waals surface area (Å²) in [6.07, 6.45) is 1.51. The second-order valence-corrected chi connectivity index (χ2v) is 6.28. The van der Waals surface area contributed by atoms with E-state index < -0.39 is 11.5 Å². The largest absolute Gasteiger partial charge is 0.463 e. The third-order valence-corrected chi connectivity index (χ3v) is 4.33. The summed E-state index contributed by atoms with van der Waals surface area (Å²) in [5, 5.41) is 2.73. The first-order valence-corrected chi connectivity index (χ1v) is 8.91. The minimum absolute atomic E-state index is 0.000343. The maximum atomic E-state index is 12.5. The van der Waals surface area contributed by atoms with E-state index in [1.807, 2.05) is 13.0 Å². The molecule has 0 atom stereocenters. The van der Waals surface area contributed by atoms with E-state index >= 15 is 0 Å². The van der Waals surface area contributed by atoms with Crippen molar-refractivity contribution in [1.82, 2.24) is 9.88 Å².